The maximum atomic E-state index is 3.13. The molecule has 0 atom stereocenters. The minimum Gasteiger partial charge on any atom is -0.316 e. The molecule has 1 N–H and O–H groups in total. The van der Waals surface area contributed by atoms with E-state index in [1.807, 2.05) is 7.05 Å². The van der Waals surface area contributed by atoms with Crippen molar-refractivity contribution in [2.45, 2.75) is 32.6 Å². The minimum absolute atomic E-state index is 0.870. The molecule has 1 nitrogen and oxygen atoms in total. The number of hydrogen-bond acceptors (Lipinski definition) is 1. The minimum atomic E-state index is 0.870. The van der Waals surface area contributed by atoms with Gasteiger partial charge < -0.3 is 5.32 Å². The van der Waals surface area contributed by atoms with Gasteiger partial charge in [0.1, 0.15) is 0 Å². The van der Waals surface area contributed by atoms with Crippen molar-refractivity contribution in [3.63, 3.8) is 0 Å². The molecule has 0 bridgehead atoms. The number of likely N-dealkylation sites (N-methyl/N-ethyl adjacent to an activating group) is 1. The molecule has 0 heterocycles. The fourth-order valence-electron chi connectivity index (χ4n) is 1.86. The topological polar surface area (TPSA) is 12.0 Å². The molecule has 1 fully saturated rings. The highest BCUT2D eigenvalue weighted by molar-refractivity contribution is 4.91. The van der Waals surface area contributed by atoms with E-state index in [1.54, 1.807) is 0 Å². The van der Waals surface area contributed by atoms with Crippen molar-refractivity contribution >= 4 is 0 Å². The first-order valence-electron chi connectivity index (χ1n) is 5.14. The summed E-state index contributed by atoms with van der Waals surface area (Å²) in [7, 11) is 1.99. The van der Waals surface area contributed by atoms with Crippen LogP contribution in [0.25, 0.3) is 0 Å². The second kappa shape index (κ2) is 5.36. The second-order valence-electron chi connectivity index (χ2n) is 4.01. The number of allylic oxidation sites excluding steroid dienone is 1. The van der Waals surface area contributed by atoms with E-state index in [0.717, 1.165) is 18.4 Å². The van der Waals surface area contributed by atoms with Gasteiger partial charge in [-0.3, -0.25) is 0 Å². The molecule has 1 saturated carbocycles. The Kier molecular flexibility index (Phi) is 4.37. The van der Waals surface area contributed by atoms with Gasteiger partial charge in [0.25, 0.3) is 0 Å². The Morgan fingerprint density at radius 3 is 2.50 bits per heavy atom. The lowest BCUT2D eigenvalue weighted by Gasteiger charge is -2.23. The van der Waals surface area contributed by atoms with E-state index in [2.05, 4.69) is 24.4 Å². The fraction of sp³-hybridized carbons (Fsp3) is 0.818. The van der Waals surface area contributed by atoms with E-state index in [-0.39, 0.29) is 0 Å². The molecule has 0 radical (unpaired) electrons. The smallest absolute Gasteiger partial charge is 0.0131 e. The van der Waals surface area contributed by atoms with Gasteiger partial charge in [0.15, 0.2) is 0 Å². The molecule has 0 aromatic rings. The summed E-state index contributed by atoms with van der Waals surface area (Å²) in [4.78, 5) is 0. The van der Waals surface area contributed by atoms with Crippen LogP contribution in [-0.2, 0) is 0 Å². The predicted octanol–water partition coefficient (Wildman–Crippen LogP) is 2.59. The quantitative estimate of drug-likeness (QED) is 0.637. The molecule has 1 heteroatoms. The predicted molar refractivity (Wildman–Crippen MR) is 54.2 cm³/mol. The van der Waals surface area contributed by atoms with Gasteiger partial charge in [-0.15, -0.1) is 0 Å². The Labute approximate surface area is 76.2 Å². The summed E-state index contributed by atoms with van der Waals surface area (Å²) in [5, 5.41) is 3.13. The average Bonchev–Trinajstić information content (AvgIpc) is 2.09. The number of nitrogens with one attached hydrogen (secondary N) is 1. The molecular formula is C11H21N. The number of rotatable bonds is 3. The molecule has 0 aliphatic heterocycles. The van der Waals surface area contributed by atoms with Crippen LogP contribution < -0.4 is 5.32 Å². The van der Waals surface area contributed by atoms with Gasteiger partial charge in [-0.05, 0) is 31.7 Å². The molecule has 0 aromatic carbocycles. The number of hydrogen-bond donors (Lipinski definition) is 1. The summed E-state index contributed by atoms with van der Waals surface area (Å²) in [5.74, 6) is 1.84. The Bertz CT molecular complexity index is 132. The Hall–Kier alpha value is -0.300. The molecule has 1 rings (SSSR count). The van der Waals surface area contributed by atoms with Crippen LogP contribution in [0.2, 0.25) is 0 Å². The zero-order valence-corrected chi connectivity index (χ0v) is 8.34. The van der Waals surface area contributed by atoms with Crippen LogP contribution in [0.5, 0.6) is 0 Å². The molecule has 0 spiro atoms. The van der Waals surface area contributed by atoms with Crippen LogP contribution in [0.4, 0.5) is 0 Å². The van der Waals surface area contributed by atoms with Gasteiger partial charge in [0.05, 0.1) is 0 Å². The lowest BCUT2D eigenvalue weighted by Crippen LogP contribution is -2.11. The maximum Gasteiger partial charge on any atom is 0.0131 e. The Morgan fingerprint density at radius 2 is 1.92 bits per heavy atom. The van der Waals surface area contributed by atoms with Crippen LogP contribution in [-0.4, -0.2) is 13.6 Å². The van der Waals surface area contributed by atoms with Crippen molar-refractivity contribution in [3.05, 3.63) is 12.2 Å². The monoisotopic (exact) mass is 167 g/mol. The van der Waals surface area contributed by atoms with Crippen molar-refractivity contribution in [2.24, 2.45) is 11.8 Å². The van der Waals surface area contributed by atoms with E-state index in [1.165, 1.54) is 25.7 Å². The van der Waals surface area contributed by atoms with Gasteiger partial charge in [0, 0.05) is 6.54 Å². The van der Waals surface area contributed by atoms with Crippen molar-refractivity contribution in [2.75, 3.05) is 13.6 Å². The van der Waals surface area contributed by atoms with Crippen molar-refractivity contribution in [1.82, 2.24) is 5.32 Å². The van der Waals surface area contributed by atoms with Crippen molar-refractivity contribution in [3.8, 4) is 0 Å². The lowest BCUT2D eigenvalue weighted by atomic mass is 9.83. The highest BCUT2D eigenvalue weighted by Crippen LogP contribution is 2.28. The summed E-state index contributed by atoms with van der Waals surface area (Å²) in [6.07, 6.45) is 10.3. The molecule has 0 unspecified atom stereocenters. The maximum absolute atomic E-state index is 3.13. The zero-order valence-electron chi connectivity index (χ0n) is 8.34. The normalized spacial score (nSPS) is 31.2. The molecule has 0 aromatic heterocycles. The van der Waals surface area contributed by atoms with Crippen LogP contribution in [0, 0.1) is 11.8 Å². The SMILES string of the molecule is CNCC=CC1CCC(C)CC1. The molecule has 1 aliphatic carbocycles. The fourth-order valence-corrected chi connectivity index (χ4v) is 1.86. The van der Waals surface area contributed by atoms with Crippen LogP contribution in [0.15, 0.2) is 12.2 Å². The van der Waals surface area contributed by atoms with Crippen LogP contribution in [0.3, 0.4) is 0 Å². The molecule has 1 aliphatic rings. The first-order chi connectivity index (χ1) is 5.83. The van der Waals surface area contributed by atoms with E-state index < -0.39 is 0 Å². The summed E-state index contributed by atoms with van der Waals surface area (Å²) in [6, 6.07) is 0. The zero-order chi connectivity index (χ0) is 8.81. The largest absolute Gasteiger partial charge is 0.316 e. The highest BCUT2D eigenvalue weighted by Gasteiger charge is 2.15. The second-order valence-corrected chi connectivity index (χ2v) is 4.01. The van der Waals surface area contributed by atoms with Gasteiger partial charge in [0.2, 0.25) is 0 Å². The highest BCUT2D eigenvalue weighted by atomic mass is 14.8. The summed E-state index contributed by atoms with van der Waals surface area (Å²) in [5.41, 5.74) is 0. The first kappa shape index (κ1) is 9.79. The van der Waals surface area contributed by atoms with E-state index in [4.69, 9.17) is 0 Å². The molecule has 70 valence electrons. The van der Waals surface area contributed by atoms with Gasteiger partial charge in [-0.1, -0.05) is 31.9 Å². The lowest BCUT2D eigenvalue weighted by molar-refractivity contribution is 0.330. The molecule has 0 amide bonds. The van der Waals surface area contributed by atoms with Gasteiger partial charge >= 0.3 is 0 Å². The molecule has 0 saturated heterocycles. The van der Waals surface area contributed by atoms with Crippen LogP contribution in [0.1, 0.15) is 32.6 Å². The third-order valence-electron chi connectivity index (χ3n) is 2.79. The van der Waals surface area contributed by atoms with E-state index in [0.29, 0.717) is 0 Å². The summed E-state index contributed by atoms with van der Waals surface area (Å²) < 4.78 is 0. The first-order valence-corrected chi connectivity index (χ1v) is 5.14. The third kappa shape index (κ3) is 3.40. The van der Waals surface area contributed by atoms with Crippen LogP contribution >= 0.6 is 0 Å². The van der Waals surface area contributed by atoms with Gasteiger partial charge in [-0.25, -0.2) is 0 Å². The van der Waals surface area contributed by atoms with E-state index >= 15 is 0 Å². The Morgan fingerprint density at radius 1 is 1.25 bits per heavy atom. The Balaban J connectivity index is 2.17. The average molecular weight is 167 g/mol. The third-order valence-corrected chi connectivity index (χ3v) is 2.79. The van der Waals surface area contributed by atoms with Crippen molar-refractivity contribution < 1.29 is 0 Å². The molecule has 12 heavy (non-hydrogen) atoms. The summed E-state index contributed by atoms with van der Waals surface area (Å²) in [6.45, 7) is 3.39. The standard InChI is InChI=1S/C11H21N/c1-10-5-7-11(8-6-10)4-3-9-12-2/h3-4,10-12H,5-9H2,1-2H3. The van der Waals surface area contributed by atoms with E-state index in [9.17, 15) is 0 Å². The van der Waals surface area contributed by atoms with Crippen molar-refractivity contribution in [1.29, 1.82) is 0 Å². The molecular weight excluding hydrogens is 146 g/mol. The van der Waals surface area contributed by atoms with Gasteiger partial charge in [-0.2, -0.15) is 0 Å². The summed E-state index contributed by atoms with van der Waals surface area (Å²) >= 11 is 0.